The molecule has 0 spiro atoms. The predicted octanol–water partition coefficient (Wildman–Crippen LogP) is 3.35. The Balaban J connectivity index is 2.09. The van der Waals surface area contributed by atoms with E-state index in [9.17, 15) is 9.18 Å². The summed E-state index contributed by atoms with van der Waals surface area (Å²) in [6.45, 7) is 4.36. The Kier molecular flexibility index (Phi) is 4.63. The van der Waals surface area contributed by atoms with Crippen LogP contribution in [0.5, 0.6) is 0 Å². The van der Waals surface area contributed by atoms with Crippen LogP contribution >= 0.6 is 0 Å². The average Bonchev–Trinajstić information content (AvgIpc) is 2.38. The molecule has 4 heteroatoms. The standard InChI is InChI=1S/C16H23FN2O/c1-10(2)12-5-3-4-6-15(12)19-16(20)13-8-7-11(18)9-14(13)17/h7-10,12,15H,3-6,18H2,1-2H3,(H,19,20). The van der Waals surface area contributed by atoms with Gasteiger partial charge in [0.05, 0.1) is 5.56 Å². The Morgan fingerprint density at radius 3 is 2.70 bits per heavy atom. The number of amides is 1. The highest BCUT2D eigenvalue weighted by Crippen LogP contribution is 2.30. The number of carbonyl (C=O) groups is 1. The van der Waals surface area contributed by atoms with E-state index in [2.05, 4.69) is 19.2 Å². The van der Waals surface area contributed by atoms with Gasteiger partial charge in [-0.3, -0.25) is 4.79 Å². The third-order valence-electron chi connectivity index (χ3n) is 4.23. The molecule has 0 heterocycles. The van der Waals surface area contributed by atoms with E-state index in [0.717, 1.165) is 19.3 Å². The van der Waals surface area contributed by atoms with Crippen LogP contribution in [0.3, 0.4) is 0 Å². The molecule has 2 atom stereocenters. The van der Waals surface area contributed by atoms with Crippen LogP contribution in [0.25, 0.3) is 0 Å². The maximum absolute atomic E-state index is 13.8. The number of hydrogen-bond donors (Lipinski definition) is 2. The molecule has 0 aromatic heterocycles. The van der Waals surface area contributed by atoms with Gasteiger partial charge in [-0.25, -0.2) is 4.39 Å². The number of anilines is 1. The Hall–Kier alpha value is -1.58. The van der Waals surface area contributed by atoms with Crippen molar-refractivity contribution in [1.29, 1.82) is 0 Å². The van der Waals surface area contributed by atoms with Crippen LogP contribution in [0.1, 0.15) is 49.9 Å². The lowest BCUT2D eigenvalue weighted by molar-refractivity contribution is 0.0885. The number of hydrogen-bond acceptors (Lipinski definition) is 2. The zero-order chi connectivity index (χ0) is 14.7. The second-order valence-electron chi connectivity index (χ2n) is 6.01. The van der Waals surface area contributed by atoms with Gasteiger partial charge in [-0.15, -0.1) is 0 Å². The lowest BCUT2D eigenvalue weighted by Crippen LogP contribution is -2.44. The van der Waals surface area contributed by atoms with Crippen molar-refractivity contribution >= 4 is 11.6 Å². The van der Waals surface area contributed by atoms with Crippen LogP contribution in [0, 0.1) is 17.7 Å². The first-order valence-corrected chi connectivity index (χ1v) is 7.35. The van der Waals surface area contributed by atoms with Crippen molar-refractivity contribution in [1.82, 2.24) is 5.32 Å². The van der Waals surface area contributed by atoms with E-state index in [-0.39, 0.29) is 17.5 Å². The van der Waals surface area contributed by atoms with E-state index >= 15 is 0 Å². The van der Waals surface area contributed by atoms with Gasteiger partial charge in [0.2, 0.25) is 0 Å². The number of benzene rings is 1. The van der Waals surface area contributed by atoms with Gasteiger partial charge in [-0.2, -0.15) is 0 Å². The van der Waals surface area contributed by atoms with Gasteiger partial charge in [-0.05, 0) is 42.9 Å². The number of nitrogens with two attached hydrogens (primary N) is 1. The second-order valence-corrected chi connectivity index (χ2v) is 6.01. The molecule has 2 rings (SSSR count). The molecule has 0 saturated heterocycles. The molecular weight excluding hydrogens is 255 g/mol. The van der Waals surface area contributed by atoms with Crippen LogP contribution in [0.15, 0.2) is 18.2 Å². The molecule has 20 heavy (non-hydrogen) atoms. The van der Waals surface area contributed by atoms with E-state index in [4.69, 9.17) is 5.73 Å². The van der Waals surface area contributed by atoms with Crippen LogP contribution < -0.4 is 11.1 Å². The fourth-order valence-electron chi connectivity index (χ4n) is 3.10. The lowest BCUT2D eigenvalue weighted by Gasteiger charge is -2.34. The van der Waals surface area contributed by atoms with E-state index in [1.54, 1.807) is 6.07 Å². The smallest absolute Gasteiger partial charge is 0.254 e. The normalized spacial score (nSPS) is 22.8. The maximum atomic E-state index is 13.8. The Labute approximate surface area is 119 Å². The highest BCUT2D eigenvalue weighted by Gasteiger charge is 2.29. The largest absolute Gasteiger partial charge is 0.399 e. The van der Waals surface area contributed by atoms with Gasteiger partial charge in [-0.1, -0.05) is 26.7 Å². The third-order valence-corrected chi connectivity index (χ3v) is 4.23. The highest BCUT2D eigenvalue weighted by atomic mass is 19.1. The van der Waals surface area contributed by atoms with E-state index in [1.807, 2.05) is 0 Å². The molecule has 0 radical (unpaired) electrons. The third kappa shape index (κ3) is 3.30. The quantitative estimate of drug-likeness (QED) is 0.833. The van der Waals surface area contributed by atoms with Gasteiger partial charge in [0.25, 0.3) is 5.91 Å². The van der Waals surface area contributed by atoms with Crippen molar-refractivity contribution in [3.63, 3.8) is 0 Å². The number of nitrogens with one attached hydrogen (secondary N) is 1. The Morgan fingerprint density at radius 2 is 2.05 bits per heavy atom. The van der Waals surface area contributed by atoms with Crippen molar-refractivity contribution in [3.05, 3.63) is 29.6 Å². The molecular formula is C16H23FN2O. The van der Waals surface area contributed by atoms with Gasteiger partial charge in [0.15, 0.2) is 0 Å². The molecule has 0 bridgehead atoms. The molecule has 1 aromatic rings. The second kappa shape index (κ2) is 6.25. The molecule has 1 aromatic carbocycles. The lowest BCUT2D eigenvalue weighted by atomic mass is 9.78. The summed E-state index contributed by atoms with van der Waals surface area (Å²) in [5, 5.41) is 3.01. The summed E-state index contributed by atoms with van der Waals surface area (Å²) in [5.74, 6) is 0.112. The first kappa shape index (κ1) is 14.8. The minimum absolute atomic E-state index is 0.0762. The molecule has 1 aliphatic carbocycles. The first-order valence-electron chi connectivity index (χ1n) is 7.35. The molecule has 2 unspecified atom stereocenters. The number of nitrogen functional groups attached to an aromatic ring is 1. The van der Waals surface area contributed by atoms with Crippen LogP contribution in [0.4, 0.5) is 10.1 Å². The topological polar surface area (TPSA) is 55.1 Å². The summed E-state index contributed by atoms with van der Waals surface area (Å²) >= 11 is 0. The summed E-state index contributed by atoms with van der Waals surface area (Å²) in [5.41, 5.74) is 5.91. The first-order chi connectivity index (χ1) is 9.49. The minimum atomic E-state index is -0.556. The molecule has 1 saturated carbocycles. The monoisotopic (exact) mass is 278 g/mol. The van der Waals surface area contributed by atoms with Crippen molar-refractivity contribution in [2.75, 3.05) is 5.73 Å². The molecule has 3 nitrogen and oxygen atoms in total. The van der Waals surface area contributed by atoms with Crippen molar-refractivity contribution in [2.45, 2.75) is 45.6 Å². The van der Waals surface area contributed by atoms with E-state index in [0.29, 0.717) is 17.5 Å². The predicted molar refractivity (Wildman–Crippen MR) is 78.9 cm³/mol. The van der Waals surface area contributed by atoms with E-state index in [1.165, 1.54) is 18.6 Å². The molecule has 3 N–H and O–H groups in total. The van der Waals surface area contributed by atoms with Crippen LogP contribution in [0.2, 0.25) is 0 Å². The zero-order valence-electron chi connectivity index (χ0n) is 12.2. The van der Waals surface area contributed by atoms with Gasteiger partial charge < -0.3 is 11.1 Å². The van der Waals surface area contributed by atoms with Crippen molar-refractivity contribution in [3.8, 4) is 0 Å². The average molecular weight is 278 g/mol. The molecule has 1 amide bonds. The zero-order valence-corrected chi connectivity index (χ0v) is 12.2. The fourth-order valence-corrected chi connectivity index (χ4v) is 3.10. The Morgan fingerprint density at radius 1 is 1.35 bits per heavy atom. The molecule has 110 valence electrons. The van der Waals surface area contributed by atoms with Crippen molar-refractivity contribution < 1.29 is 9.18 Å². The summed E-state index contributed by atoms with van der Waals surface area (Å²) in [4.78, 5) is 12.2. The van der Waals surface area contributed by atoms with Gasteiger partial charge in [0, 0.05) is 11.7 Å². The summed E-state index contributed by atoms with van der Waals surface area (Å²) < 4.78 is 13.8. The molecule has 0 aliphatic heterocycles. The van der Waals surface area contributed by atoms with Crippen molar-refractivity contribution in [2.24, 2.45) is 11.8 Å². The summed E-state index contributed by atoms with van der Waals surface area (Å²) in [7, 11) is 0. The van der Waals surface area contributed by atoms with Crippen LogP contribution in [-0.4, -0.2) is 11.9 Å². The highest BCUT2D eigenvalue weighted by molar-refractivity contribution is 5.95. The fraction of sp³-hybridized carbons (Fsp3) is 0.562. The summed E-state index contributed by atoms with van der Waals surface area (Å²) in [6.07, 6.45) is 4.45. The Bertz CT molecular complexity index is 487. The van der Waals surface area contributed by atoms with E-state index < -0.39 is 5.82 Å². The number of rotatable bonds is 3. The summed E-state index contributed by atoms with van der Waals surface area (Å²) in [6, 6.07) is 4.34. The number of carbonyl (C=O) groups excluding carboxylic acids is 1. The maximum Gasteiger partial charge on any atom is 0.254 e. The molecule has 1 fully saturated rings. The molecule has 1 aliphatic rings. The van der Waals surface area contributed by atoms with Gasteiger partial charge in [0.1, 0.15) is 5.82 Å². The SMILES string of the molecule is CC(C)C1CCCCC1NC(=O)c1ccc(N)cc1F. The number of halogens is 1. The van der Waals surface area contributed by atoms with Gasteiger partial charge >= 0.3 is 0 Å². The van der Waals surface area contributed by atoms with Crippen LogP contribution in [-0.2, 0) is 0 Å². The minimum Gasteiger partial charge on any atom is -0.399 e.